The Hall–Kier alpha value is -3.38. The predicted molar refractivity (Wildman–Crippen MR) is 161 cm³/mol. The van der Waals surface area contributed by atoms with E-state index in [1.54, 1.807) is 49.4 Å². The summed E-state index contributed by atoms with van der Waals surface area (Å²) < 4.78 is 13.1. The number of carboxylic acid groups (broad SMARTS) is 1. The number of ether oxygens (including phenoxy) is 2. The van der Waals surface area contributed by atoms with E-state index in [2.05, 4.69) is 42.1 Å². The van der Waals surface area contributed by atoms with Gasteiger partial charge in [0.1, 0.15) is 5.92 Å². The monoisotopic (exact) mass is 696 g/mol. The number of fused-ring (bicyclic) bond motifs is 1. The van der Waals surface area contributed by atoms with Gasteiger partial charge in [-0.2, -0.15) is 0 Å². The van der Waals surface area contributed by atoms with E-state index in [0.29, 0.717) is 28.9 Å². The van der Waals surface area contributed by atoms with Crippen molar-refractivity contribution in [1.29, 1.82) is 0 Å². The van der Waals surface area contributed by atoms with Crippen LogP contribution in [0.5, 0.6) is 0 Å². The Kier molecular flexibility index (Phi) is 7.55. The van der Waals surface area contributed by atoms with E-state index in [0.717, 1.165) is 28.8 Å². The SMILES string of the molecule is Cc1ccc2c(c1)C(=O)[C@]1(O[C@@H](c3ccc(Br)c(Br)c3)[C@@H](C(=O)Nc3ccc(N4CCOCC4)cc3)[C@H]1C(=O)O)C2=O. The fourth-order valence-corrected chi connectivity index (χ4v) is 6.74. The van der Waals surface area contributed by atoms with Gasteiger partial charge in [0.2, 0.25) is 23.1 Å². The van der Waals surface area contributed by atoms with Crippen molar-refractivity contribution in [3.05, 3.63) is 91.9 Å². The third-order valence-corrected chi connectivity index (χ3v) is 10.0. The fourth-order valence-electron chi connectivity index (χ4n) is 6.10. The van der Waals surface area contributed by atoms with Crippen molar-refractivity contribution in [2.24, 2.45) is 11.8 Å². The molecule has 0 aromatic heterocycles. The lowest BCUT2D eigenvalue weighted by atomic mass is 9.75. The molecule has 4 atom stereocenters. The van der Waals surface area contributed by atoms with Crippen molar-refractivity contribution in [3.8, 4) is 0 Å². The maximum atomic E-state index is 14.0. The molecule has 9 nitrogen and oxygen atoms in total. The van der Waals surface area contributed by atoms with Gasteiger partial charge in [-0.1, -0.05) is 23.8 Å². The van der Waals surface area contributed by atoms with Gasteiger partial charge in [0.15, 0.2) is 0 Å². The van der Waals surface area contributed by atoms with Crippen LogP contribution in [0.15, 0.2) is 69.6 Å². The summed E-state index contributed by atoms with van der Waals surface area (Å²) in [6.45, 7) is 4.54. The Morgan fingerprint density at radius 1 is 0.929 bits per heavy atom. The molecule has 0 saturated carbocycles. The van der Waals surface area contributed by atoms with Crippen LogP contribution < -0.4 is 10.2 Å². The molecule has 42 heavy (non-hydrogen) atoms. The molecule has 3 aromatic carbocycles. The number of carbonyl (C=O) groups excluding carboxylic acids is 3. The van der Waals surface area contributed by atoms with Crippen molar-refractivity contribution >= 4 is 66.7 Å². The molecule has 0 unspecified atom stereocenters. The van der Waals surface area contributed by atoms with E-state index in [1.165, 1.54) is 6.07 Å². The average Bonchev–Trinajstić information content (AvgIpc) is 3.45. The Morgan fingerprint density at radius 3 is 2.29 bits per heavy atom. The zero-order chi connectivity index (χ0) is 29.8. The Balaban J connectivity index is 1.40. The summed E-state index contributed by atoms with van der Waals surface area (Å²) in [7, 11) is 0. The molecule has 1 spiro atoms. The van der Waals surface area contributed by atoms with Crippen LogP contribution in [0.3, 0.4) is 0 Å². The van der Waals surface area contributed by atoms with E-state index < -0.39 is 47.0 Å². The molecule has 6 rings (SSSR count). The van der Waals surface area contributed by atoms with Gasteiger partial charge >= 0.3 is 5.97 Å². The van der Waals surface area contributed by atoms with Gasteiger partial charge in [-0.25, -0.2) is 0 Å². The number of carboxylic acids is 1. The highest BCUT2D eigenvalue weighted by molar-refractivity contribution is 9.13. The number of nitrogens with zero attached hydrogens (tertiary/aromatic N) is 1. The van der Waals surface area contributed by atoms with Crippen LogP contribution in [0, 0.1) is 18.8 Å². The van der Waals surface area contributed by atoms with Gasteiger partial charge in [-0.15, -0.1) is 0 Å². The summed E-state index contributed by atoms with van der Waals surface area (Å²) in [5, 5.41) is 13.4. The third kappa shape index (κ3) is 4.68. The lowest BCUT2D eigenvalue weighted by molar-refractivity contribution is -0.147. The van der Waals surface area contributed by atoms with Crippen molar-refractivity contribution in [2.75, 3.05) is 36.5 Å². The summed E-state index contributed by atoms with van der Waals surface area (Å²) in [5.74, 6) is -6.81. The Bertz CT molecular complexity index is 1620. The molecule has 3 aliphatic rings. The minimum atomic E-state index is -2.38. The second-order valence-electron chi connectivity index (χ2n) is 10.6. The second kappa shape index (κ2) is 11.0. The number of morpholine rings is 1. The van der Waals surface area contributed by atoms with Crippen molar-refractivity contribution < 1.29 is 33.8 Å². The van der Waals surface area contributed by atoms with Gasteiger partial charge in [-0.05, 0) is 86.8 Å². The molecular weight excluding hydrogens is 672 g/mol. The number of hydrogen-bond donors (Lipinski definition) is 2. The van der Waals surface area contributed by atoms with E-state index >= 15 is 0 Å². The van der Waals surface area contributed by atoms with Gasteiger partial charge in [0.25, 0.3) is 0 Å². The first kappa shape index (κ1) is 28.7. The molecule has 0 bridgehead atoms. The zero-order valence-corrected chi connectivity index (χ0v) is 25.6. The first-order valence-electron chi connectivity index (χ1n) is 13.4. The number of aryl methyl sites for hydroxylation is 1. The number of aliphatic carboxylic acids is 1. The first-order chi connectivity index (χ1) is 20.1. The first-order valence-corrected chi connectivity index (χ1v) is 15.0. The number of anilines is 2. The zero-order valence-electron chi connectivity index (χ0n) is 22.4. The number of amides is 1. The summed E-state index contributed by atoms with van der Waals surface area (Å²) in [6, 6.07) is 17.0. The largest absolute Gasteiger partial charge is 0.481 e. The van der Waals surface area contributed by atoms with E-state index in [9.17, 15) is 24.3 Å². The quantitative estimate of drug-likeness (QED) is 0.349. The normalized spacial score (nSPS) is 25.1. The third-order valence-electron chi connectivity index (χ3n) is 8.13. The topological polar surface area (TPSA) is 122 Å². The number of hydrogen-bond acceptors (Lipinski definition) is 7. The maximum absolute atomic E-state index is 14.0. The minimum Gasteiger partial charge on any atom is -0.481 e. The van der Waals surface area contributed by atoms with Gasteiger partial charge in [-0.3, -0.25) is 19.2 Å². The number of carbonyl (C=O) groups is 4. The highest BCUT2D eigenvalue weighted by Gasteiger charge is 2.71. The smallest absolute Gasteiger partial charge is 0.311 e. The second-order valence-corrected chi connectivity index (χ2v) is 12.3. The standard InChI is InChI=1S/C31H26Br2N2O7/c1-16-2-8-20-21(14-16)28(37)31(27(20)36)25(30(39)40)24(26(42-31)17-3-9-22(32)23(33)15-17)29(38)34-18-4-6-19(7-5-18)35-10-12-41-13-11-35/h2-9,14-15,24-26H,10-13H2,1H3,(H,34,38)(H,39,40)/t24-,25-,26-,31+/m0/s1. The van der Waals surface area contributed by atoms with Crippen LogP contribution in [-0.2, 0) is 19.1 Å². The molecule has 2 aliphatic heterocycles. The number of halogens is 2. The Morgan fingerprint density at radius 2 is 1.62 bits per heavy atom. The number of rotatable bonds is 5. The van der Waals surface area contributed by atoms with Crippen LogP contribution in [0.1, 0.15) is 37.9 Å². The fraction of sp³-hybridized carbons (Fsp3) is 0.290. The molecule has 1 amide bonds. The molecule has 2 fully saturated rings. The molecule has 216 valence electrons. The summed E-state index contributed by atoms with van der Waals surface area (Å²) in [6.07, 6.45) is -1.20. The Labute approximate surface area is 258 Å². The lowest BCUT2D eigenvalue weighted by Crippen LogP contribution is -2.52. The molecule has 3 aromatic rings. The summed E-state index contributed by atoms with van der Waals surface area (Å²) >= 11 is 6.87. The molecule has 1 aliphatic carbocycles. The van der Waals surface area contributed by atoms with Crippen molar-refractivity contribution in [3.63, 3.8) is 0 Å². The van der Waals surface area contributed by atoms with Crippen LogP contribution in [-0.4, -0.2) is 60.5 Å². The maximum Gasteiger partial charge on any atom is 0.311 e. The summed E-state index contributed by atoms with van der Waals surface area (Å²) in [4.78, 5) is 57.0. The molecule has 2 N–H and O–H groups in total. The van der Waals surface area contributed by atoms with Crippen LogP contribution in [0.25, 0.3) is 0 Å². The van der Waals surface area contributed by atoms with E-state index in [-0.39, 0.29) is 11.1 Å². The molecular formula is C31H26Br2N2O7. The molecule has 2 heterocycles. The van der Waals surface area contributed by atoms with E-state index in [4.69, 9.17) is 9.47 Å². The lowest BCUT2D eigenvalue weighted by Gasteiger charge is -2.29. The van der Waals surface area contributed by atoms with Crippen LogP contribution >= 0.6 is 31.9 Å². The van der Waals surface area contributed by atoms with Crippen molar-refractivity contribution in [1.82, 2.24) is 0 Å². The highest BCUT2D eigenvalue weighted by atomic mass is 79.9. The van der Waals surface area contributed by atoms with Gasteiger partial charge in [0, 0.05) is 44.5 Å². The highest BCUT2D eigenvalue weighted by Crippen LogP contribution is 2.54. The molecule has 0 radical (unpaired) electrons. The number of benzene rings is 3. The van der Waals surface area contributed by atoms with Gasteiger partial charge in [0.05, 0.1) is 25.2 Å². The average molecular weight is 698 g/mol. The number of nitrogens with one attached hydrogen (secondary N) is 1. The molecule has 2 saturated heterocycles. The van der Waals surface area contributed by atoms with Crippen molar-refractivity contribution in [2.45, 2.75) is 18.6 Å². The van der Waals surface area contributed by atoms with Crippen LogP contribution in [0.2, 0.25) is 0 Å². The number of ketones is 2. The van der Waals surface area contributed by atoms with Gasteiger partial charge < -0.3 is 24.8 Å². The molecule has 11 heteroatoms. The minimum absolute atomic E-state index is 0.0901. The number of Topliss-reactive ketones (excluding diaryl/α,β-unsaturated/α-hetero) is 2. The van der Waals surface area contributed by atoms with E-state index in [1.807, 2.05) is 12.1 Å². The van der Waals surface area contributed by atoms with Crippen LogP contribution in [0.4, 0.5) is 11.4 Å². The summed E-state index contributed by atoms with van der Waals surface area (Å²) in [5.41, 5.74) is 0.406. The predicted octanol–water partition coefficient (Wildman–Crippen LogP) is 5.20.